The van der Waals surface area contributed by atoms with Gasteiger partial charge in [-0.05, 0) is 37.5 Å². The highest BCUT2D eigenvalue weighted by Crippen LogP contribution is 2.42. The van der Waals surface area contributed by atoms with Gasteiger partial charge in [0.15, 0.2) is 0 Å². The van der Waals surface area contributed by atoms with Crippen molar-refractivity contribution in [3.05, 3.63) is 0 Å². The Morgan fingerprint density at radius 1 is 1.15 bits per heavy atom. The first-order chi connectivity index (χ1) is 9.61. The lowest BCUT2D eigenvalue weighted by atomic mass is 9.67. The average Bonchev–Trinajstić information content (AvgIpc) is 2.46. The lowest BCUT2D eigenvalue weighted by Crippen LogP contribution is -2.45. The standard InChI is InChI=1S/C16H27NO3/c1-2-5-14(16(19)20)17-15(18)13-9-8-11-6-3-4-7-12(11)10-13/h11-14H,2-10H2,1H3,(H,17,18)(H,19,20). The fourth-order valence-corrected chi connectivity index (χ4v) is 3.95. The molecule has 4 nitrogen and oxygen atoms in total. The van der Waals surface area contributed by atoms with Gasteiger partial charge in [-0.1, -0.05) is 39.0 Å². The minimum atomic E-state index is -0.911. The van der Waals surface area contributed by atoms with Crippen LogP contribution in [0.15, 0.2) is 0 Å². The Labute approximate surface area is 121 Å². The van der Waals surface area contributed by atoms with Crippen molar-refractivity contribution in [2.24, 2.45) is 17.8 Å². The summed E-state index contributed by atoms with van der Waals surface area (Å²) >= 11 is 0. The fraction of sp³-hybridized carbons (Fsp3) is 0.875. The van der Waals surface area contributed by atoms with Gasteiger partial charge >= 0.3 is 5.97 Å². The number of fused-ring (bicyclic) bond motifs is 1. The van der Waals surface area contributed by atoms with Crippen LogP contribution in [0, 0.1) is 17.8 Å². The predicted octanol–water partition coefficient (Wildman–Crippen LogP) is 2.96. The Balaban J connectivity index is 1.87. The topological polar surface area (TPSA) is 66.4 Å². The number of hydrogen-bond donors (Lipinski definition) is 2. The van der Waals surface area contributed by atoms with Crippen LogP contribution in [0.3, 0.4) is 0 Å². The third-order valence-electron chi connectivity index (χ3n) is 5.10. The molecule has 1 amide bonds. The number of nitrogens with one attached hydrogen (secondary N) is 1. The Morgan fingerprint density at radius 3 is 2.50 bits per heavy atom. The molecule has 114 valence electrons. The van der Waals surface area contributed by atoms with Crippen molar-refractivity contribution in [3.63, 3.8) is 0 Å². The van der Waals surface area contributed by atoms with E-state index in [-0.39, 0.29) is 11.8 Å². The summed E-state index contributed by atoms with van der Waals surface area (Å²) in [6, 6.07) is -0.712. The first-order valence-electron chi connectivity index (χ1n) is 8.15. The summed E-state index contributed by atoms with van der Waals surface area (Å²) in [5.41, 5.74) is 0. The summed E-state index contributed by atoms with van der Waals surface area (Å²) in [4.78, 5) is 23.4. The number of carbonyl (C=O) groups is 2. The van der Waals surface area contributed by atoms with Crippen molar-refractivity contribution >= 4 is 11.9 Å². The summed E-state index contributed by atoms with van der Waals surface area (Å²) in [7, 11) is 0. The molecule has 4 atom stereocenters. The molecule has 4 unspecified atom stereocenters. The van der Waals surface area contributed by atoms with Crippen molar-refractivity contribution < 1.29 is 14.7 Å². The molecule has 2 aliphatic rings. The number of aliphatic carboxylic acids is 1. The molecule has 4 heteroatoms. The van der Waals surface area contributed by atoms with Gasteiger partial charge in [0.25, 0.3) is 0 Å². The Hall–Kier alpha value is -1.06. The van der Waals surface area contributed by atoms with Crippen molar-refractivity contribution in [2.75, 3.05) is 0 Å². The summed E-state index contributed by atoms with van der Waals surface area (Å²) < 4.78 is 0. The van der Waals surface area contributed by atoms with Crippen molar-refractivity contribution in [3.8, 4) is 0 Å². The fourth-order valence-electron chi connectivity index (χ4n) is 3.95. The van der Waals surface area contributed by atoms with Gasteiger partial charge in [0, 0.05) is 5.92 Å². The second-order valence-electron chi connectivity index (χ2n) is 6.50. The second kappa shape index (κ2) is 7.09. The molecule has 0 aromatic carbocycles. The zero-order chi connectivity index (χ0) is 14.5. The van der Waals surface area contributed by atoms with Gasteiger partial charge in [-0.25, -0.2) is 4.79 Å². The molecule has 0 aromatic rings. The molecule has 2 N–H and O–H groups in total. The van der Waals surface area contributed by atoms with Gasteiger partial charge in [-0.15, -0.1) is 0 Å². The van der Waals surface area contributed by atoms with Crippen LogP contribution in [0.5, 0.6) is 0 Å². The van der Waals surface area contributed by atoms with Crippen LogP contribution in [-0.4, -0.2) is 23.0 Å². The van der Waals surface area contributed by atoms with Crippen molar-refractivity contribution in [1.82, 2.24) is 5.32 Å². The highest BCUT2D eigenvalue weighted by atomic mass is 16.4. The third-order valence-corrected chi connectivity index (χ3v) is 5.10. The number of hydrogen-bond acceptors (Lipinski definition) is 2. The molecule has 2 aliphatic carbocycles. The van der Waals surface area contributed by atoms with Crippen LogP contribution >= 0.6 is 0 Å². The van der Waals surface area contributed by atoms with Gasteiger partial charge in [0.2, 0.25) is 5.91 Å². The first-order valence-corrected chi connectivity index (χ1v) is 8.15. The van der Waals surface area contributed by atoms with Gasteiger partial charge in [0.1, 0.15) is 6.04 Å². The Morgan fingerprint density at radius 2 is 1.85 bits per heavy atom. The van der Waals surface area contributed by atoms with Crippen LogP contribution in [0.25, 0.3) is 0 Å². The number of carbonyl (C=O) groups excluding carboxylic acids is 1. The monoisotopic (exact) mass is 281 g/mol. The summed E-state index contributed by atoms with van der Waals surface area (Å²) in [6.45, 7) is 1.94. The molecule has 0 heterocycles. The maximum absolute atomic E-state index is 12.3. The van der Waals surface area contributed by atoms with E-state index in [1.54, 1.807) is 0 Å². The summed E-state index contributed by atoms with van der Waals surface area (Å²) in [5.74, 6) is 0.607. The predicted molar refractivity (Wildman–Crippen MR) is 77.3 cm³/mol. The minimum absolute atomic E-state index is 0.0325. The van der Waals surface area contributed by atoms with E-state index in [0.29, 0.717) is 12.3 Å². The first kappa shape index (κ1) is 15.3. The highest BCUT2D eigenvalue weighted by molar-refractivity contribution is 5.85. The van der Waals surface area contributed by atoms with Crippen LogP contribution in [0.1, 0.15) is 64.7 Å². The smallest absolute Gasteiger partial charge is 0.326 e. The van der Waals surface area contributed by atoms with Gasteiger partial charge in [-0.2, -0.15) is 0 Å². The zero-order valence-electron chi connectivity index (χ0n) is 12.4. The van der Waals surface area contributed by atoms with E-state index >= 15 is 0 Å². The maximum Gasteiger partial charge on any atom is 0.326 e. The molecule has 0 aromatic heterocycles. The quantitative estimate of drug-likeness (QED) is 0.814. The average molecular weight is 281 g/mol. The molecule has 0 spiro atoms. The molecular formula is C16H27NO3. The van der Waals surface area contributed by atoms with E-state index in [0.717, 1.165) is 31.6 Å². The number of rotatable bonds is 5. The highest BCUT2D eigenvalue weighted by Gasteiger charge is 2.35. The van der Waals surface area contributed by atoms with E-state index in [1.807, 2.05) is 6.92 Å². The second-order valence-corrected chi connectivity index (χ2v) is 6.50. The van der Waals surface area contributed by atoms with E-state index in [4.69, 9.17) is 5.11 Å². The molecule has 20 heavy (non-hydrogen) atoms. The Kier molecular flexibility index (Phi) is 5.44. The molecule has 0 bridgehead atoms. The number of carboxylic acid groups (broad SMARTS) is 1. The van der Waals surface area contributed by atoms with Crippen LogP contribution < -0.4 is 5.32 Å². The van der Waals surface area contributed by atoms with Gasteiger partial charge < -0.3 is 10.4 Å². The van der Waals surface area contributed by atoms with Crippen molar-refractivity contribution in [2.45, 2.75) is 70.8 Å². The summed E-state index contributed by atoms with van der Waals surface area (Å²) in [5, 5.41) is 11.9. The summed E-state index contributed by atoms with van der Waals surface area (Å²) in [6.07, 6.45) is 9.55. The van der Waals surface area contributed by atoms with Gasteiger partial charge in [-0.3, -0.25) is 4.79 Å². The van der Waals surface area contributed by atoms with Crippen LogP contribution in [-0.2, 0) is 9.59 Å². The molecule has 0 aliphatic heterocycles. The lowest BCUT2D eigenvalue weighted by Gasteiger charge is -2.39. The lowest BCUT2D eigenvalue weighted by molar-refractivity contribution is -0.143. The number of carboxylic acids is 1. The van der Waals surface area contributed by atoms with Crippen molar-refractivity contribution in [1.29, 1.82) is 0 Å². The molecule has 2 rings (SSSR count). The van der Waals surface area contributed by atoms with E-state index in [2.05, 4.69) is 5.32 Å². The molecule has 0 radical (unpaired) electrons. The largest absolute Gasteiger partial charge is 0.480 e. The third kappa shape index (κ3) is 3.74. The van der Waals surface area contributed by atoms with Crippen LogP contribution in [0.2, 0.25) is 0 Å². The van der Waals surface area contributed by atoms with E-state index < -0.39 is 12.0 Å². The Bertz CT molecular complexity index is 356. The molecule has 2 fully saturated rings. The van der Waals surface area contributed by atoms with E-state index in [9.17, 15) is 9.59 Å². The SMILES string of the molecule is CCCC(NC(=O)C1CCC2CCCCC2C1)C(=O)O. The number of amides is 1. The van der Waals surface area contributed by atoms with E-state index in [1.165, 1.54) is 25.7 Å². The zero-order valence-corrected chi connectivity index (χ0v) is 12.4. The minimum Gasteiger partial charge on any atom is -0.480 e. The maximum atomic E-state index is 12.3. The molecule has 0 saturated heterocycles. The molecule has 2 saturated carbocycles. The van der Waals surface area contributed by atoms with Crippen LogP contribution in [0.4, 0.5) is 0 Å². The molecular weight excluding hydrogens is 254 g/mol. The van der Waals surface area contributed by atoms with Gasteiger partial charge in [0.05, 0.1) is 0 Å². The normalized spacial score (nSPS) is 31.1.